The molecule has 1 amide bonds. The van der Waals surface area contributed by atoms with Gasteiger partial charge in [-0.1, -0.05) is 23.7 Å². The van der Waals surface area contributed by atoms with Gasteiger partial charge in [0.05, 0.1) is 12.0 Å². The SMILES string of the molecule is O=C([C@@H]1CCCNC1)N1CCCC1c1cccc(Cl)c1. The van der Waals surface area contributed by atoms with E-state index in [1.807, 2.05) is 18.2 Å². The fourth-order valence-electron chi connectivity index (χ4n) is 3.39. The first-order valence-electron chi connectivity index (χ1n) is 7.52. The van der Waals surface area contributed by atoms with Gasteiger partial charge in [-0.05, 0) is 49.9 Å². The zero-order valence-corrected chi connectivity index (χ0v) is 12.4. The van der Waals surface area contributed by atoms with E-state index >= 15 is 0 Å². The van der Waals surface area contributed by atoms with Crippen molar-refractivity contribution in [2.75, 3.05) is 19.6 Å². The molecular formula is C16H21ClN2O. The summed E-state index contributed by atoms with van der Waals surface area (Å²) < 4.78 is 0. The maximum absolute atomic E-state index is 12.7. The van der Waals surface area contributed by atoms with Crippen LogP contribution in [0.5, 0.6) is 0 Å². The Kier molecular flexibility index (Phi) is 4.27. The van der Waals surface area contributed by atoms with Gasteiger partial charge in [0.15, 0.2) is 0 Å². The molecule has 2 heterocycles. The second kappa shape index (κ2) is 6.15. The highest BCUT2D eigenvalue weighted by molar-refractivity contribution is 6.30. The zero-order chi connectivity index (χ0) is 13.9. The summed E-state index contributed by atoms with van der Waals surface area (Å²) >= 11 is 6.09. The molecule has 0 saturated carbocycles. The van der Waals surface area contributed by atoms with E-state index in [2.05, 4.69) is 16.3 Å². The summed E-state index contributed by atoms with van der Waals surface area (Å²) in [6.07, 6.45) is 4.26. The van der Waals surface area contributed by atoms with Gasteiger partial charge in [-0.3, -0.25) is 4.79 Å². The maximum atomic E-state index is 12.7. The number of amides is 1. The number of hydrogen-bond donors (Lipinski definition) is 1. The molecule has 20 heavy (non-hydrogen) atoms. The Morgan fingerprint density at radius 1 is 1.30 bits per heavy atom. The summed E-state index contributed by atoms with van der Waals surface area (Å²) in [5.74, 6) is 0.475. The van der Waals surface area contributed by atoms with Crippen molar-refractivity contribution < 1.29 is 4.79 Å². The molecule has 4 heteroatoms. The molecule has 108 valence electrons. The lowest BCUT2D eigenvalue weighted by Gasteiger charge is -2.31. The van der Waals surface area contributed by atoms with Crippen LogP contribution in [-0.2, 0) is 4.79 Å². The second-order valence-corrected chi connectivity index (χ2v) is 6.22. The van der Waals surface area contributed by atoms with Gasteiger partial charge in [0.25, 0.3) is 0 Å². The molecule has 0 bridgehead atoms. The number of nitrogens with one attached hydrogen (secondary N) is 1. The van der Waals surface area contributed by atoms with Crippen molar-refractivity contribution in [1.82, 2.24) is 10.2 Å². The van der Waals surface area contributed by atoms with Crippen LogP contribution < -0.4 is 5.32 Å². The first-order valence-corrected chi connectivity index (χ1v) is 7.90. The lowest BCUT2D eigenvalue weighted by molar-refractivity contribution is -0.137. The van der Waals surface area contributed by atoms with Gasteiger partial charge in [0.2, 0.25) is 5.91 Å². The summed E-state index contributed by atoms with van der Waals surface area (Å²) in [5.41, 5.74) is 1.17. The van der Waals surface area contributed by atoms with Crippen LogP contribution in [0.4, 0.5) is 0 Å². The standard InChI is InChI=1S/C16H21ClN2O/c17-14-6-1-4-12(10-14)15-7-3-9-19(15)16(20)13-5-2-8-18-11-13/h1,4,6,10,13,15,18H,2-3,5,7-9,11H2/t13-,15?/m1/s1. The van der Waals surface area contributed by atoms with E-state index in [4.69, 9.17) is 11.6 Å². The van der Waals surface area contributed by atoms with Crippen molar-refractivity contribution in [2.45, 2.75) is 31.7 Å². The average Bonchev–Trinajstić information content (AvgIpc) is 2.97. The molecular weight excluding hydrogens is 272 g/mol. The minimum atomic E-state index is 0.156. The molecule has 0 radical (unpaired) electrons. The average molecular weight is 293 g/mol. The van der Waals surface area contributed by atoms with Gasteiger partial charge in [0.1, 0.15) is 0 Å². The highest BCUT2D eigenvalue weighted by Gasteiger charge is 2.34. The number of hydrogen-bond acceptors (Lipinski definition) is 2. The van der Waals surface area contributed by atoms with E-state index in [0.717, 1.165) is 50.3 Å². The Morgan fingerprint density at radius 3 is 2.95 bits per heavy atom. The van der Waals surface area contributed by atoms with Crippen molar-refractivity contribution in [3.05, 3.63) is 34.9 Å². The second-order valence-electron chi connectivity index (χ2n) is 5.79. The minimum absolute atomic E-state index is 0.156. The highest BCUT2D eigenvalue weighted by Crippen LogP contribution is 2.34. The van der Waals surface area contributed by atoms with Crippen molar-refractivity contribution in [3.8, 4) is 0 Å². The minimum Gasteiger partial charge on any atom is -0.335 e. The Bertz CT molecular complexity index is 485. The molecule has 2 fully saturated rings. The quantitative estimate of drug-likeness (QED) is 0.909. The van der Waals surface area contributed by atoms with E-state index < -0.39 is 0 Å². The van der Waals surface area contributed by atoms with Crippen molar-refractivity contribution in [1.29, 1.82) is 0 Å². The third-order valence-corrected chi connectivity index (χ3v) is 4.65. The number of halogens is 1. The lowest BCUT2D eigenvalue weighted by Crippen LogP contribution is -2.42. The summed E-state index contributed by atoms with van der Waals surface area (Å²) in [5, 5.41) is 4.09. The molecule has 2 atom stereocenters. The number of piperidine rings is 1. The van der Waals surface area contributed by atoms with Crippen LogP contribution in [0.2, 0.25) is 5.02 Å². The molecule has 1 aromatic carbocycles. The van der Waals surface area contributed by atoms with E-state index in [9.17, 15) is 4.79 Å². The zero-order valence-electron chi connectivity index (χ0n) is 11.6. The van der Waals surface area contributed by atoms with Gasteiger partial charge in [-0.15, -0.1) is 0 Å². The first-order chi connectivity index (χ1) is 9.75. The topological polar surface area (TPSA) is 32.3 Å². The molecule has 2 aliphatic heterocycles. The van der Waals surface area contributed by atoms with Gasteiger partial charge >= 0.3 is 0 Å². The van der Waals surface area contributed by atoms with Crippen LogP contribution in [0.25, 0.3) is 0 Å². The van der Waals surface area contributed by atoms with Gasteiger partial charge in [-0.25, -0.2) is 0 Å². The van der Waals surface area contributed by atoms with E-state index in [1.54, 1.807) is 0 Å². The number of likely N-dealkylation sites (tertiary alicyclic amines) is 1. The summed E-state index contributed by atoms with van der Waals surface area (Å²) in [4.78, 5) is 14.8. The monoisotopic (exact) mass is 292 g/mol. The maximum Gasteiger partial charge on any atom is 0.227 e. The predicted octanol–water partition coefficient (Wildman–Crippen LogP) is 3.00. The third-order valence-electron chi connectivity index (χ3n) is 4.42. The Labute approximate surface area is 125 Å². The van der Waals surface area contributed by atoms with Gasteiger partial charge in [-0.2, -0.15) is 0 Å². The molecule has 2 aliphatic rings. The number of carbonyl (C=O) groups excluding carboxylic acids is 1. The predicted molar refractivity (Wildman–Crippen MR) is 80.7 cm³/mol. The first kappa shape index (κ1) is 13.9. The van der Waals surface area contributed by atoms with Crippen LogP contribution in [0.1, 0.15) is 37.3 Å². The van der Waals surface area contributed by atoms with Crippen molar-refractivity contribution >= 4 is 17.5 Å². The number of benzene rings is 1. The molecule has 0 spiro atoms. The fraction of sp³-hybridized carbons (Fsp3) is 0.562. The third kappa shape index (κ3) is 2.84. The van der Waals surface area contributed by atoms with Crippen molar-refractivity contribution in [3.63, 3.8) is 0 Å². The Hall–Kier alpha value is -1.06. The Morgan fingerprint density at radius 2 is 2.20 bits per heavy atom. The van der Waals surface area contributed by atoms with E-state index in [-0.39, 0.29) is 12.0 Å². The molecule has 3 rings (SSSR count). The molecule has 1 unspecified atom stereocenters. The number of nitrogens with zero attached hydrogens (tertiary/aromatic N) is 1. The molecule has 1 N–H and O–H groups in total. The molecule has 2 saturated heterocycles. The fourth-order valence-corrected chi connectivity index (χ4v) is 3.59. The van der Waals surface area contributed by atoms with Gasteiger partial charge in [0, 0.05) is 18.1 Å². The van der Waals surface area contributed by atoms with Crippen LogP contribution >= 0.6 is 11.6 Å². The molecule has 1 aromatic rings. The Balaban J connectivity index is 1.76. The number of carbonyl (C=O) groups is 1. The summed E-state index contributed by atoms with van der Waals surface area (Å²) in [6, 6.07) is 8.15. The van der Waals surface area contributed by atoms with E-state index in [0.29, 0.717) is 5.91 Å². The molecule has 3 nitrogen and oxygen atoms in total. The largest absolute Gasteiger partial charge is 0.335 e. The normalized spacial score (nSPS) is 26.8. The number of rotatable bonds is 2. The lowest BCUT2D eigenvalue weighted by atomic mass is 9.96. The summed E-state index contributed by atoms with van der Waals surface area (Å²) in [6.45, 7) is 2.76. The molecule has 0 aliphatic carbocycles. The van der Waals surface area contributed by atoms with Crippen LogP contribution in [0.15, 0.2) is 24.3 Å². The van der Waals surface area contributed by atoms with Crippen LogP contribution in [0.3, 0.4) is 0 Å². The van der Waals surface area contributed by atoms with Gasteiger partial charge < -0.3 is 10.2 Å². The summed E-state index contributed by atoms with van der Waals surface area (Å²) in [7, 11) is 0. The highest BCUT2D eigenvalue weighted by atomic mass is 35.5. The van der Waals surface area contributed by atoms with Crippen LogP contribution in [-0.4, -0.2) is 30.4 Å². The van der Waals surface area contributed by atoms with Crippen LogP contribution in [0, 0.1) is 5.92 Å². The molecule has 0 aromatic heterocycles. The smallest absolute Gasteiger partial charge is 0.227 e. The van der Waals surface area contributed by atoms with Crippen molar-refractivity contribution in [2.24, 2.45) is 5.92 Å². The van der Waals surface area contributed by atoms with E-state index in [1.165, 1.54) is 5.56 Å².